The van der Waals surface area contributed by atoms with Crippen LogP contribution in [0.15, 0.2) is 0 Å². The van der Waals surface area contributed by atoms with Gasteiger partial charge in [0.05, 0.1) is 12.5 Å². The van der Waals surface area contributed by atoms with E-state index in [0.29, 0.717) is 19.1 Å². The summed E-state index contributed by atoms with van der Waals surface area (Å²) in [5, 5.41) is 2.71. The summed E-state index contributed by atoms with van der Waals surface area (Å²) in [5.74, 6) is -0.175. The minimum atomic E-state index is -0.533. The molecule has 5 heteroatoms. The van der Waals surface area contributed by atoms with E-state index >= 15 is 0 Å². The molecule has 1 aliphatic carbocycles. The van der Waals surface area contributed by atoms with E-state index in [4.69, 9.17) is 9.47 Å². The van der Waals surface area contributed by atoms with E-state index in [0.717, 1.165) is 25.7 Å². The fourth-order valence-electron chi connectivity index (χ4n) is 2.74. The molecule has 21 heavy (non-hydrogen) atoms. The summed E-state index contributed by atoms with van der Waals surface area (Å²) in [5.41, 5.74) is -0.533. The lowest BCUT2D eigenvalue weighted by molar-refractivity contribution is -0.150. The average Bonchev–Trinajstić information content (AvgIpc) is 2.38. The molecule has 1 fully saturated rings. The number of carbonyl (C=O) groups excluding carboxylic acids is 2. The van der Waals surface area contributed by atoms with Crippen LogP contribution in [0.5, 0.6) is 0 Å². The van der Waals surface area contributed by atoms with E-state index < -0.39 is 11.7 Å². The Morgan fingerprint density at radius 2 is 1.81 bits per heavy atom. The van der Waals surface area contributed by atoms with Gasteiger partial charge >= 0.3 is 12.1 Å². The van der Waals surface area contributed by atoms with Crippen molar-refractivity contribution in [1.82, 2.24) is 5.32 Å². The van der Waals surface area contributed by atoms with Gasteiger partial charge in [0.2, 0.25) is 0 Å². The molecule has 0 heterocycles. The first-order valence-corrected chi connectivity index (χ1v) is 7.97. The number of carbonyl (C=O) groups is 2. The van der Waals surface area contributed by atoms with Crippen LogP contribution in [0, 0.1) is 11.8 Å². The molecule has 0 bridgehead atoms. The predicted octanol–water partition coefficient (Wildman–Crippen LogP) is 3.27. The summed E-state index contributed by atoms with van der Waals surface area (Å²) in [6, 6.07) is 0. The SMILES string of the molecule is CCOC(=O)C(CNC(=O)OC(C)(C)C)C1CCCCC1. The van der Waals surface area contributed by atoms with Crippen molar-refractivity contribution in [3.63, 3.8) is 0 Å². The molecule has 0 aliphatic heterocycles. The molecule has 0 aromatic carbocycles. The number of rotatable bonds is 5. The number of esters is 1. The van der Waals surface area contributed by atoms with Gasteiger partial charge in [0, 0.05) is 6.54 Å². The Balaban J connectivity index is 2.56. The molecule has 1 atom stereocenters. The Morgan fingerprint density at radius 3 is 2.33 bits per heavy atom. The highest BCUT2D eigenvalue weighted by molar-refractivity contribution is 5.74. The van der Waals surface area contributed by atoms with Crippen LogP contribution in [0.25, 0.3) is 0 Å². The second-order valence-electron chi connectivity index (χ2n) is 6.64. The third-order valence-corrected chi connectivity index (χ3v) is 3.67. The van der Waals surface area contributed by atoms with Crippen molar-refractivity contribution in [3.8, 4) is 0 Å². The summed E-state index contributed by atoms with van der Waals surface area (Å²) < 4.78 is 10.4. The molecule has 1 aliphatic rings. The highest BCUT2D eigenvalue weighted by Gasteiger charge is 2.31. The van der Waals surface area contributed by atoms with Gasteiger partial charge in [-0.3, -0.25) is 4.79 Å². The van der Waals surface area contributed by atoms with Crippen LogP contribution in [0.2, 0.25) is 0 Å². The molecule has 0 radical (unpaired) electrons. The van der Waals surface area contributed by atoms with Crippen LogP contribution >= 0.6 is 0 Å². The minimum Gasteiger partial charge on any atom is -0.466 e. The first-order valence-electron chi connectivity index (χ1n) is 7.97. The summed E-state index contributed by atoms with van der Waals surface area (Å²) in [7, 11) is 0. The summed E-state index contributed by atoms with van der Waals surface area (Å²) in [6.45, 7) is 7.91. The molecule has 1 amide bonds. The van der Waals surface area contributed by atoms with E-state index in [-0.39, 0.29) is 11.9 Å². The zero-order valence-corrected chi connectivity index (χ0v) is 13.7. The van der Waals surface area contributed by atoms with Crippen molar-refractivity contribution in [1.29, 1.82) is 0 Å². The molecule has 1 rings (SSSR count). The zero-order chi connectivity index (χ0) is 15.9. The van der Waals surface area contributed by atoms with E-state index in [9.17, 15) is 9.59 Å². The number of hydrogen-bond acceptors (Lipinski definition) is 4. The maximum atomic E-state index is 12.1. The van der Waals surface area contributed by atoms with Gasteiger partial charge < -0.3 is 14.8 Å². The Hall–Kier alpha value is -1.26. The Bertz CT molecular complexity index is 343. The summed E-state index contributed by atoms with van der Waals surface area (Å²) >= 11 is 0. The van der Waals surface area contributed by atoms with Crippen molar-refractivity contribution in [2.45, 2.75) is 65.4 Å². The highest BCUT2D eigenvalue weighted by Crippen LogP contribution is 2.30. The van der Waals surface area contributed by atoms with Crippen LogP contribution in [-0.2, 0) is 14.3 Å². The quantitative estimate of drug-likeness (QED) is 0.791. The maximum Gasteiger partial charge on any atom is 0.407 e. The third-order valence-electron chi connectivity index (χ3n) is 3.67. The molecule has 122 valence electrons. The van der Waals surface area contributed by atoms with Gasteiger partial charge in [0.25, 0.3) is 0 Å². The van der Waals surface area contributed by atoms with E-state index in [2.05, 4.69) is 5.32 Å². The molecule has 1 N–H and O–H groups in total. The molecule has 0 spiro atoms. The second kappa shape index (κ2) is 8.25. The number of hydrogen-bond donors (Lipinski definition) is 1. The lowest BCUT2D eigenvalue weighted by atomic mass is 9.80. The average molecular weight is 299 g/mol. The van der Waals surface area contributed by atoms with Gasteiger partial charge in [0.1, 0.15) is 5.60 Å². The van der Waals surface area contributed by atoms with Crippen LogP contribution in [0.4, 0.5) is 4.79 Å². The maximum absolute atomic E-state index is 12.1. The van der Waals surface area contributed by atoms with Crippen LogP contribution in [-0.4, -0.2) is 30.8 Å². The predicted molar refractivity (Wildman–Crippen MR) is 80.9 cm³/mol. The fraction of sp³-hybridized carbons (Fsp3) is 0.875. The van der Waals surface area contributed by atoms with E-state index in [1.165, 1.54) is 6.42 Å². The van der Waals surface area contributed by atoms with Gasteiger partial charge in [-0.25, -0.2) is 4.79 Å². The number of ether oxygens (including phenoxy) is 2. The van der Waals surface area contributed by atoms with Crippen molar-refractivity contribution >= 4 is 12.1 Å². The fourth-order valence-corrected chi connectivity index (χ4v) is 2.74. The molecule has 1 unspecified atom stereocenters. The molecule has 5 nitrogen and oxygen atoms in total. The zero-order valence-electron chi connectivity index (χ0n) is 13.7. The standard InChI is InChI=1S/C16H29NO4/c1-5-20-14(18)13(12-9-7-6-8-10-12)11-17-15(19)21-16(2,3)4/h12-13H,5-11H2,1-4H3,(H,17,19). The van der Waals surface area contributed by atoms with Crippen molar-refractivity contribution in [3.05, 3.63) is 0 Å². The first kappa shape index (κ1) is 17.8. The largest absolute Gasteiger partial charge is 0.466 e. The summed E-state index contributed by atoms with van der Waals surface area (Å²) in [4.78, 5) is 23.9. The Kier molecular flexibility index (Phi) is 6.99. The number of nitrogens with one attached hydrogen (secondary N) is 1. The topological polar surface area (TPSA) is 64.6 Å². The van der Waals surface area contributed by atoms with Gasteiger partial charge in [0.15, 0.2) is 0 Å². The van der Waals surface area contributed by atoms with Gasteiger partial charge in [-0.1, -0.05) is 19.3 Å². The van der Waals surface area contributed by atoms with Crippen LogP contribution in [0.3, 0.4) is 0 Å². The Morgan fingerprint density at radius 1 is 1.19 bits per heavy atom. The molecular weight excluding hydrogens is 270 g/mol. The molecular formula is C16H29NO4. The van der Waals surface area contributed by atoms with Gasteiger partial charge in [-0.05, 0) is 46.5 Å². The van der Waals surface area contributed by atoms with E-state index in [1.807, 2.05) is 20.8 Å². The number of amides is 1. The van der Waals surface area contributed by atoms with Gasteiger partial charge in [-0.2, -0.15) is 0 Å². The van der Waals surface area contributed by atoms with Gasteiger partial charge in [-0.15, -0.1) is 0 Å². The second-order valence-corrected chi connectivity index (χ2v) is 6.64. The smallest absolute Gasteiger partial charge is 0.407 e. The van der Waals surface area contributed by atoms with Crippen LogP contribution in [0.1, 0.15) is 59.8 Å². The van der Waals surface area contributed by atoms with Crippen molar-refractivity contribution in [2.24, 2.45) is 11.8 Å². The highest BCUT2D eigenvalue weighted by atomic mass is 16.6. The lowest BCUT2D eigenvalue weighted by Crippen LogP contribution is -2.40. The lowest BCUT2D eigenvalue weighted by Gasteiger charge is -2.29. The molecule has 0 saturated heterocycles. The van der Waals surface area contributed by atoms with E-state index in [1.54, 1.807) is 6.92 Å². The monoisotopic (exact) mass is 299 g/mol. The molecule has 0 aromatic rings. The minimum absolute atomic E-state index is 0.208. The van der Waals surface area contributed by atoms with Crippen LogP contribution < -0.4 is 5.32 Å². The molecule has 0 aromatic heterocycles. The Labute approximate surface area is 127 Å². The summed E-state index contributed by atoms with van der Waals surface area (Å²) in [6.07, 6.45) is 5.09. The third kappa shape index (κ3) is 6.82. The number of alkyl carbamates (subject to hydrolysis) is 1. The normalized spacial score (nSPS) is 17.9. The van der Waals surface area contributed by atoms with Crippen molar-refractivity contribution in [2.75, 3.05) is 13.2 Å². The first-order chi connectivity index (χ1) is 9.83. The van der Waals surface area contributed by atoms with Crippen molar-refractivity contribution < 1.29 is 19.1 Å². The molecule has 1 saturated carbocycles.